The minimum atomic E-state index is -0.278. The first-order valence-corrected chi connectivity index (χ1v) is 6.87. The fourth-order valence-electron chi connectivity index (χ4n) is 2.44. The summed E-state index contributed by atoms with van der Waals surface area (Å²) in [5.74, 6) is -0.278. The molecule has 0 aliphatic heterocycles. The van der Waals surface area contributed by atoms with Crippen LogP contribution < -0.4 is 5.73 Å². The van der Waals surface area contributed by atoms with Gasteiger partial charge in [-0.1, -0.05) is 13.8 Å². The summed E-state index contributed by atoms with van der Waals surface area (Å²) in [6.45, 7) is 6.64. The number of carbonyl (C=O) groups excluding carboxylic acids is 1. The van der Waals surface area contributed by atoms with Crippen LogP contribution in [0.5, 0.6) is 0 Å². The lowest BCUT2D eigenvalue weighted by Crippen LogP contribution is -2.21. The number of hydrogen-bond acceptors (Lipinski definition) is 4. The van der Waals surface area contributed by atoms with E-state index in [0.29, 0.717) is 17.2 Å². The molecule has 2 N–H and O–H groups in total. The lowest BCUT2D eigenvalue weighted by molar-refractivity contribution is 0.0533. The zero-order valence-corrected chi connectivity index (χ0v) is 11.4. The van der Waals surface area contributed by atoms with Crippen LogP contribution >= 0.6 is 11.3 Å². The van der Waals surface area contributed by atoms with E-state index in [1.54, 1.807) is 0 Å². The van der Waals surface area contributed by atoms with E-state index in [1.807, 2.05) is 6.92 Å². The summed E-state index contributed by atoms with van der Waals surface area (Å²) in [6.07, 6.45) is 3.28. The Balaban J connectivity index is 2.45. The highest BCUT2D eigenvalue weighted by Crippen LogP contribution is 2.45. The molecule has 0 atom stereocenters. The van der Waals surface area contributed by atoms with Gasteiger partial charge in [-0.15, -0.1) is 11.3 Å². The zero-order chi connectivity index (χ0) is 12.6. The van der Waals surface area contributed by atoms with Crippen molar-refractivity contribution in [3.8, 4) is 0 Å². The third-order valence-electron chi connectivity index (χ3n) is 3.35. The minimum Gasteiger partial charge on any atom is -0.462 e. The van der Waals surface area contributed by atoms with Crippen LogP contribution in [0, 0.1) is 0 Å². The van der Waals surface area contributed by atoms with E-state index in [2.05, 4.69) is 13.8 Å². The average Bonchev–Trinajstić information content (AvgIpc) is 2.58. The largest absolute Gasteiger partial charge is 0.462 e. The summed E-state index contributed by atoms with van der Waals surface area (Å²) in [5, 5.41) is 0. The fourth-order valence-corrected chi connectivity index (χ4v) is 3.73. The van der Waals surface area contributed by atoms with Crippen LogP contribution in [0.4, 0.5) is 5.69 Å². The van der Waals surface area contributed by atoms with Crippen molar-refractivity contribution in [3.63, 3.8) is 0 Å². The highest BCUT2D eigenvalue weighted by Gasteiger charge is 2.33. The van der Waals surface area contributed by atoms with Crippen LogP contribution in [0.1, 0.15) is 53.7 Å². The number of esters is 1. The standard InChI is InChI=1S/C13H19NO2S/c1-4-16-12(15)10-9(14)8-6-5-7-13(2,3)11(8)17-10/h4-7,14H2,1-3H3. The van der Waals surface area contributed by atoms with Gasteiger partial charge in [0, 0.05) is 4.88 Å². The van der Waals surface area contributed by atoms with Crippen LogP contribution in [-0.2, 0) is 16.6 Å². The number of rotatable bonds is 2. The van der Waals surface area contributed by atoms with E-state index in [4.69, 9.17) is 10.5 Å². The molecule has 0 aromatic carbocycles. The Hall–Kier alpha value is -1.03. The van der Waals surface area contributed by atoms with Gasteiger partial charge in [-0.2, -0.15) is 0 Å². The van der Waals surface area contributed by atoms with Crippen molar-refractivity contribution < 1.29 is 9.53 Å². The number of nitrogen functional groups attached to an aromatic ring is 1. The molecule has 4 heteroatoms. The molecule has 1 aromatic rings. The van der Waals surface area contributed by atoms with Gasteiger partial charge in [0.25, 0.3) is 0 Å². The van der Waals surface area contributed by atoms with Gasteiger partial charge in [-0.25, -0.2) is 4.79 Å². The summed E-state index contributed by atoms with van der Waals surface area (Å²) < 4.78 is 5.05. The number of hydrogen-bond donors (Lipinski definition) is 1. The molecule has 0 saturated heterocycles. The van der Waals surface area contributed by atoms with E-state index in [1.165, 1.54) is 21.8 Å². The van der Waals surface area contributed by atoms with Crippen LogP contribution in [0.3, 0.4) is 0 Å². The summed E-state index contributed by atoms with van der Waals surface area (Å²) in [6, 6.07) is 0. The van der Waals surface area contributed by atoms with Crippen molar-refractivity contribution in [1.29, 1.82) is 0 Å². The van der Waals surface area contributed by atoms with Crippen LogP contribution in [0.25, 0.3) is 0 Å². The maximum Gasteiger partial charge on any atom is 0.350 e. The van der Waals surface area contributed by atoms with Crippen molar-refractivity contribution in [2.75, 3.05) is 12.3 Å². The number of carbonyl (C=O) groups is 1. The number of ether oxygens (including phenoxy) is 1. The normalized spacial score (nSPS) is 17.6. The van der Waals surface area contributed by atoms with Gasteiger partial charge in [-0.3, -0.25) is 0 Å². The van der Waals surface area contributed by atoms with Crippen molar-refractivity contribution in [3.05, 3.63) is 15.3 Å². The second-order valence-electron chi connectivity index (χ2n) is 5.11. The summed E-state index contributed by atoms with van der Waals surface area (Å²) in [5.41, 5.74) is 8.05. The molecule has 94 valence electrons. The summed E-state index contributed by atoms with van der Waals surface area (Å²) in [4.78, 5) is 13.7. The SMILES string of the molecule is CCOC(=O)c1sc2c(c1N)CCCC2(C)C. The fraction of sp³-hybridized carbons (Fsp3) is 0.615. The zero-order valence-electron chi connectivity index (χ0n) is 10.6. The van der Waals surface area contributed by atoms with Crippen molar-refractivity contribution in [1.82, 2.24) is 0 Å². The quantitative estimate of drug-likeness (QED) is 0.824. The van der Waals surface area contributed by atoms with E-state index in [0.717, 1.165) is 19.3 Å². The number of anilines is 1. The smallest absolute Gasteiger partial charge is 0.350 e. The molecule has 3 nitrogen and oxygen atoms in total. The van der Waals surface area contributed by atoms with E-state index >= 15 is 0 Å². The van der Waals surface area contributed by atoms with Crippen molar-refractivity contribution in [2.24, 2.45) is 0 Å². The molecule has 0 amide bonds. The van der Waals surface area contributed by atoms with Crippen LogP contribution in [0.2, 0.25) is 0 Å². The van der Waals surface area contributed by atoms with Gasteiger partial charge < -0.3 is 10.5 Å². The summed E-state index contributed by atoms with van der Waals surface area (Å²) >= 11 is 1.52. The Kier molecular flexibility index (Phi) is 3.17. The molecule has 0 fully saturated rings. The lowest BCUT2D eigenvalue weighted by atomic mass is 9.78. The number of fused-ring (bicyclic) bond motifs is 1. The van der Waals surface area contributed by atoms with Gasteiger partial charge in [0.1, 0.15) is 4.88 Å². The van der Waals surface area contributed by atoms with Gasteiger partial charge in [0.2, 0.25) is 0 Å². The third kappa shape index (κ3) is 2.06. The Labute approximate surface area is 106 Å². The molecular weight excluding hydrogens is 234 g/mol. The second kappa shape index (κ2) is 4.33. The maximum absolute atomic E-state index is 11.8. The minimum absolute atomic E-state index is 0.136. The predicted octanol–water partition coefficient (Wildman–Crippen LogP) is 3.12. The molecule has 1 aliphatic rings. The first kappa shape index (κ1) is 12.4. The van der Waals surface area contributed by atoms with Crippen LogP contribution in [-0.4, -0.2) is 12.6 Å². The lowest BCUT2D eigenvalue weighted by Gasteiger charge is -2.29. The van der Waals surface area contributed by atoms with E-state index in [9.17, 15) is 4.79 Å². The Morgan fingerprint density at radius 3 is 2.82 bits per heavy atom. The topological polar surface area (TPSA) is 52.3 Å². The molecule has 0 saturated carbocycles. The number of thiophene rings is 1. The average molecular weight is 253 g/mol. The maximum atomic E-state index is 11.8. The van der Waals surface area contributed by atoms with E-state index in [-0.39, 0.29) is 11.4 Å². The van der Waals surface area contributed by atoms with Gasteiger partial charge in [-0.05, 0) is 37.2 Å². The molecule has 1 aromatic heterocycles. The monoisotopic (exact) mass is 253 g/mol. The van der Waals surface area contributed by atoms with Gasteiger partial charge in [0.15, 0.2) is 0 Å². The second-order valence-corrected chi connectivity index (χ2v) is 6.13. The Bertz CT molecular complexity index is 449. The molecule has 0 radical (unpaired) electrons. The van der Waals surface area contributed by atoms with E-state index < -0.39 is 0 Å². The molecular formula is C13H19NO2S. The number of nitrogens with two attached hydrogens (primary N) is 1. The summed E-state index contributed by atoms with van der Waals surface area (Å²) in [7, 11) is 0. The molecule has 0 bridgehead atoms. The molecule has 1 aliphatic carbocycles. The van der Waals surface area contributed by atoms with Crippen molar-refractivity contribution >= 4 is 23.0 Å². The molecule has 1 heterocycles. The Morgan fingerprint density at radius 1 is 1.53 bits per heavy atom. The van der Waals surface area contributed by atoms with Crippen molar-refractivity contribution in [2.45, 2.75) is 45.4 Å². The highest BCUT2D eigenvalue weighted by atomic mass is 32.1. The first-order valence-electron chi connectivity index (χ1n) is 6.06. The van der Waals surface area contributed by atoms with Gasteiger partial charge >= 0.3 is 5.97 Å². The predicted molar refractivity (Wildman–Crippen MR) is 70.7 cm³/mol. The molecule has 17 heavy (non-hydrogen) atoms. The Morgan fingerprint density at radius 2 is 2.24 bits per heavy atom. The molecule has 2 rings (SSSR count). The third-order valence-corrected chi connectivity index (χ3v) is 4.95. The molecule has 0 unspecified atom stereocenters. The first-order chi connectivity index (χ1) is 7.97. The molecule has 0 spiro atoms. The van der Waals surface area contributed by atoms with Gasteiger partial charge in [0.05, 0.1) is 12.3 Å². The van der Waals surface area contributed by atoms with Crippen LogP contribution in [0.15, 0.2) is 0 Å². The highest BCUT2D eigenvalue weighted by molar-refractivity contribution is 7.15.